The van der Waals surface area contributed by atoms with Crippen molar-refractivity contribution in [3.63, 3.8) is 0 Å². The zero-order chi connectivity index (χ0) is 15.6. The third-order valence-corrected chi connectivity index (χ3v) is 2.76. The smallest absolute Gasteiger partial charge is 0.417 e. The predicted molar refractivity (Wildman–Crippen MR) is 68.8 cm³/mol. The lowest BCUT2D eigenvalue weighted by atomic mass is 10.1. The van der Waals surface area contributed by atoms with Gasteiger partial charge < -0.3 is 4.74 Å². The molecule has 0 saturated carbocycles. The van der Waals surface area contributed by atoms with E-state index in [0.717, 1.165) is 12.1 Å². The van der Waals surface area contributed by atoms with Gasteiger partial charge in [-0.1, -0.05) is 0 Å². The summed E-state index contributed by atoms with van der Waals surface area (Å²) in [5.74, 6) is 0.551. The fourth-order valence-electron chi connectivity index (χ4n) is 1.72. The molecule has 0 bridgehead atoms. The summed E-state index contributed by atoms with van der Waals surface area (Å²) in [4.78, 5) is 0. The van der Waals surface area contributed by atoms with Crippen LogP contribution in [-0.2, 0) is 6.18 Å². The highest BCUT2D eigenvalue weighted by atomic mass is 19.4. The first-order valence-electron chi connectivity index (χ1n) is 6.14. The van der Waals surface area contributed by atoms with E-state index in [1.54, 1.807) is 10.9 Å². The largest absolute Gasteiger partial charge is 0.454 e. The van der Waals surface area contributed by atoms with Crippen molar-refractivity contribution in [2.75, 3.05) is 0 Å². The normalized spacial score (nSPS) is 11.5. The number of benzene rings is 1. The lowest BCUT2D eigenvalue weighted by molar-refractivity contribution is -0.137. The van der Waals surface area contributed by atoms with E-state index in [4.69, 9.17) is 10.00 Å². The summed E-state index contributed by atoms with van der Waals surface area (Å²) in [6.45, 7) is 3.87. The lowest BCUT2D eigenvalue weighted by Crippen LogP contribution is -2.07. The molecule has 1 aromatic carbocycles. The first-order chi connectivity index (χ1) is 9.81. The average Bonchev–Trinajstić information content (AvgIpc) is 2.86. The van der Waals surface area contributed by atoms with Crippen LogP contribution in [0.15, 0.2) is 30.6 Å². The molecule has 0 fully saturated rings. The average molecular weight is 295 g/mol. The van der Waals surface area contributed by atoms with Crippen LogP contribution in [0.4, 0.5) is 13.2 Å². The molecular formula is C14H12F3N3O. The van der Waals surface area contributed by atoms with Crippen LogP contribution in [-0.4, -0.2) is 9.78 Å². The highest BCUT2D eigenvalue weighted by Gasteiger charge is 2.33. The van der Waals surface area contributed by atoms with Gasteiger partial charge >= 0.3 is 6.18 Å². The van der Waals surface area contributed by atoms with E-state index in [2.05, 4.69) is 5.10 Å². The van der Waals surface area contributed by atoms with Gasteiger partial charge in [0.2, 0.25) is 0 Å². The number of aromatic nitrogens is 2. The van der Waals surface area contributed by atoms with Gasteiger partial charge in [-0.25, -0.2) is 0 Å². The van der Waals surface area contributed by atoms with Crippen molar-refractivity contribution in [1.29, 1.82) is 5.26 Å². The second-order valence-electron chi connectivity index (χ2n) is 4.67. The zero-order valence-electron chi connectivity index (χ0n) is 11.3. The fraction of sp³-hybridized carbons (Fsp3) is 0.286. The molecule has 4 nitrogen and oxygen atoms in total. The molecule has 0 radical (unpaired) electrons. The Hall–Kier alpha value is -2.49. The Balaban J connectivity index is 2.27. The van der Waals surface area contributed by atoms with Crippen LogP contribution in [0, 0.1) is 11.3 Å². The summed E-state index contributed by atoms with van der Waals surface area (Å²) in [7, 11) is 0. The van der Waals surface area contributed by atoms with E-state index in [1.807, 2.05) is 13.8 Å². The highest BCUT2D eigenvalue weighted by Crippen LogP contribution is 2.34. The van der Waals surface area contributed by atoms with Crippen molar-refractivity contribution in [2.24, 2.45) is 0 Å². The van der Waals surface area contributed by atoms with Crippen molar-refractivity contribution in [1.82, 2.24) is 9.78 Å². The molecule has 0 atom stereocenters. The maximum Gasteiger partial charge on any atom is 0.417 e. The number of halogens is 3. The fourth-order valence-corrected chi connectivity index (χ4v) is 1.72. The van der Waals surface area contributed by atoms with Crippen LogP contribution in [0.25, 0.3) is 0 Å². The van der Waals surface area contributed by atoms with Gasteiger partial charge in [0.25, 0.3) is 0 Å². The molecule has 2 aromatic rings. The van der Waals surface area contributed by atoms with E-state index in [-0.39, 0.29) is 11.8 Å². The summed E-state index contributed by atoms with van der Waals surface area (Å²) in [6.07, 6.45) is -1.47. The molecule has 0 saturated heterocycles. The van der Waals surface area contributed by atoms with Crippen molar-refractivity contribution in [3.05, 3.63) is 41.7 Å². The predicted octanol–water partition coefficient (Wildman–Crippen LogP) is 4.15. The van der Waals surface area contributed by atoms with Crippen LogP contribution < -0.4 is 4.74 Å². The van der Waals surface area contributed by atoms with E-state index in [1.165, 1.54) is 18.3 Å². The van der Waals surface area contributed by atoms with Crippen LogP contribution in [0.2, 0.25) is 0 Å². The molecule has 0 N–H and O–H groups in total. The maximum atomic E-state index is 12.7. The van der Waals surface area contributed by atoms with E-state index < -0.39 is 17.3 Å². The molecule has 0 aliphatic heterocycles. The minimum Gasteiger partial charge on any atom is -0.454 e. The summed E-state index contributed by atoms with van der Waals surface area (Å²) in [6, 6.07) is 4.75. The van der Waals surface area contributed by atoms with E-state index in [0.29, 0.717) is 5.75 Å². The van der Waals surface area contributed by atoms with Crippen molar-refractivity contribution in [2.45, 2.75) is 26.1 Å². The highest BCUT2D eigenvalue weighted by molar-refractivity contribution is 5.45. The second kappa shape index (κ2) is 5.48. The van der Waals surface area contributed by atoms with Crippen LogP contribution in [0.5, 0.6) is 11.5 Å². The van der Waals surface area contributed by atoms with Gasteiger partial charge in [0.15, 0.2) is 5.75 Å². The molecule has 0 aliphatic carbocycles. The topological polar surface area (TPSA) is 50.8 Å². The third-order valence-electron chi connectivity index (χ3n) is 2.76. The van der Waals surface area contributed by atoms with Crippen LogP contribution in [0.3, 0.4) is 0 Å². The van der Waals surface area contributed by atoms with Crippen molar-refractivity contribution >= 4 is 0 Å². The van der Waals surface area contributed by atoms with Crippen molar-refractivity contribution in [3.8, 4) is 17.6 Å². The van der Waals surface area contributed by atoms with Gasteiger partial charge in [-0.05, 0) is 32.0 Å². The molecule has 7 heteroatoms. The number of nitriles is 1. The minimum atomic E-state index is -4.56. The number of hydrogen-bond acceptors (Lipinski definition) is 3. The lowest BCUT2D eigenvalue weighted by Gasteiger charge is -2.10. The number of nitrogens with zero attached hydrogens (tertiary/aromatic N) is 3. The van der Waals surface area contributed by atoms with Gasteiger partial charge in [-0.3, -0.25) is 4.68 Å². The SMILES string of the molecule is CC(C)n1cc(Oc2ccc(C(F)(F)F)c(C#N)c2)cn1. The van der Waals surface area contributed by atoms with Gasteiger partial charge in [-0.15, -0.1) is 0 Å². The Kier molecular flexibility index (Phi) is 3.89. The van der Waals surface area contributed by atoms with Gasteiger partial charge in [-0.2, -0.15) is 23.5 Å². The number of alkyl halides is 3. The number of rotatable bonds is 3. The second-order valence-corrected chi connectivity index (χ2v) is 4.67. The summed E-state index contributed by atoms with van der Waals surface area (Å²) >= 11 is 0. The molecule has 0 aliphatic rings. The van der Waals surface area contributed by atoms with Crippen LogP contribution in [0.1, 0.15) is 31.0 Å². The molecule has 0 amide bonds. The molecule has 0 spiro atoms. The molecule has 1 aromatic heterocycles. The van der Waals surface area contributed by atoms with Gasteiger partial charge in [0.1, 0.15) is 5.75 Å². The number of hydrogen-bond donors (Lipinski definition) is 0. The Bertz CT molecular complexity index is 684. The molecule has 2 rings (SSSR count). The standard InChI is InChI=1S/C14H12F3N3O/c1-9(2)20-8-12(7-19-20)21-11-3-4-13(14(15,16)17)10(5-11)6-18/h3-5,7-9H,1-2H3. The van der Waals surface area contributed by atoms with Gasteiger partial charge in [0.05, 0.1) is 29.6 Å². The Labute approximate surface area is 119 Å². The molecule has 110 valence electrons. The first kappa shape index (κ1) is 14.9. The minimum absolute atomic E-state index is 0.143. The molecule has 0 unspecified atom stereocenters. The van der Waals surface area contributed by atoms with Gasteiger partial charge in [0, 0.05) is 6.04 Å². The summed E-state index contributed by atoms with van der Waals surface area (Å²) in [5, 5.41) is 12.9. The maximum absolute atomic E-state index is 12.7. The first-order valence-corrected chi connectivity index (χ1v) is 6.14. The Morgan fingerprint density at radius 3 is 2.52 bits per heavy atom. The zero-order valence-corrected chi connectivity index (χ0v) is 11.3. The van der Waals surface area contributed by atoms with Crippen LogP contribution >= 0.6 is 0 Å². The Morgan fingerprint density at radius 2 is 2.00 bits per heavy atom. The molecule has 1 heterocycles. The van der Waals surface area contributed by atoms with E-state index >= 15 is 0 Å². The number of ether oxygens (including phenoxy) is 1. The monoisotopic (exact) mass is 295 g/mol. The summed E-state index contributed by atoms with van der Waals surface area (Å²) in [5.41, 5.74) is -1.45. The molecule has 21 heavy (non-hydrogen) atoms. The van der Waals surface area contributed by atoms with Crippen molar-refractivity contribution < 1.29 is 17.9 Å². The summed E-state index contributed by atoms with van der Waals surface area (Å²) < 4.78 is 45.1. The quantitative estimate of drug-likeness (QED) is 0.854. The molecular weight excluding hydrogens is 283 g/mol. The van der Waals surface area contributed by atoms with E-state index in [9.17, 15) is 13.2 Å². The Morgan fingerprint density at radius 1 is 1.29 bits per heavy atom. The third kappa shape index (κ3) is 3.34.